The molecule has 0 atom stereocenters. The standard InChI is InChI=1S/C14H18N4O/c1-10-11(2)18-14(9-17-10)16-6-7-19-13-5-3-4-12(15)8-13/h3-5,8-9H,6-7,15H2,1-2H3,(H,16,18). The number of nitrogen functional groups attached to an aromatic ring is 1. The summed E-state index contributed by atoms with van der Waals surface area (Å²) in [6.07, 6.45) is 1.73. The first-order chi connectivity index (χ1) is 9.15. The van der Waals surface area contributed by atoms with E-state index in [0.717, 1.165) is 23.0 Å². The van der Waals surface area contributed by atoms with Crippen LogP contribution in [-0.4, -0.2) is 23.1 Å². The van der Waals surface area contributed by atoms with Crippen LogP contribution in [0.4, 0.5) is 11.5 Å². The normalized spacial score (nSPS) is 10.2. The average molecular weight is 258 g/mol. The first kappa shape index (κ1) is 13.1. The quantitative estimate of drug-likeness (QED) is 0.635. The van der Waals surface area contributed by atoms with Gasteiger partial charge in [-0.05, 0) is 26.0 Å². The van der Waals surface area contributed by atoms with E-state index >= 15 is 0 Å². The van der Waals surface area contributed by atoms with Crippen LogP contribution in [0, 0.1) is 13.8 Å². The van der Waals surface area contributed by atoms with E-state index < -0.39 is 0 Å². The molecule has 0 aliphatic rings. The molecular weight excluding hydrogens is 240 g/mol. The maximum absolute atomic E-state index is 5.67. The molecule has 0 spiro atoms. The highest BCUT2D eigenvalue weighted by Crippen LogP contribution is 2.14. The molecule has 3 N–H and O–H groups in total. The fraction of sp³-hybridized carbons (Fsp3) is 0.286. The zero-order valence-corrected chi connectivity index (χ0v) is 11.2. The summed E-state index contributed by atoms with van der Waals surface area (Å²) in [6, 6.07) is 7.38. The summed E-state index contributed by atoms with van der Waals surface area (Å²) in [5.74, 6) is 1.53. The molecule has 0 aliphatic carbocycles. The molecule has 0 amide bonds. The average Bonchev–Trinajstić information content (AvgIpc) is 2.39. The van der Waals surface area contributed by atoms with Gasteiger partial charge in [-0.25, -0.2) is 4.98 Å². The fourth-order valence-electron chi connectivity index (χ4n) is 1.58. The Kier molecular flexibility index (Phi) is 4.18. The molecule has 0 radical (unpaired) electrons. The number of aromatic nitrogens is 2. The number of anilines is 2. The van der Waals surface area contributed by atoms with Gasteiger partial charge in [-0.2, -0.15) is 0 Å². The summed E-state index contributed by atoms with van der Waals surface area (Å²) in [6.45, 7) is 5.08. The molecular formula is C14H18N4O. The van der Waals surface area contributed by atoms with Crippen molar-refractivity contribution in [2.45, 2.75) is 13.8 Å². The molecule has 0 unspecified atom stereocenters. The van der Waals surface area contributed by atoms with Crippen molar-refractivity contribution in [3.05, 3.63) is 41.9 Å². The van der Waals surface area contributed by atoms with E-state index in [9.17, 15) is 0 Å². The number of benzene rings is 1. The first-order valence-corrected chi connectivity index (χ1v) is 6.17. The predicted molar refractivity (Wildman–Crippen MR) is 76.3 cm³/mol. The Bertz CT molecular complexity index is 557. The summed E-state index contributed by atoms with van der Waals surface area (Å²) < 4.78 is 5.57. The second kappa shape index (κ2) is 6.04. The molecule has 5 nitrogen and oxygen atoms in total. The van der Waals surface area contributed by atoms with Gasteiger partial charge in [0.2, 0.25) is 0 Å². The fourth-order valence-corrected chi connectivity index (χ4v) is 1.58. The van der Waals surface area contributed by atoms with Gasteiger partial charge in [-0.1, -0.05) is 6.07 Å². The molecule has 19 heavy (non-hydrogen) atoms. The van der Waals surface area contributed by atoms with Crippen LogP contribution >= 0.6 is 0 Å². The summed E-state index contributed by atoms with van der Waals surface area (Å²) in [5.41, 5.74) is 8.25. The maximum Gasteiger partial charge on any atom is 0.144 e. The Morgan fingerprint density at radius 3 is 2.84 bits per heavy atom. The topological polar surface area (TPSA) is 73.1 Å². The number of nitrogens with zero attached hydrogens (tertiary/aromatic N) is 2. The molecule has 0 fully saturated rings. The molecule has 2 rings (SSSR count). The number of ether oxygens (including phenoxy) is 1. The highest BCUT2D eigenvalue weighted by atomic mass is 16.5. The van der Waals surface area contributed by atoms with Gasteiger partial charge in [-0.15, -0.1) is 0 Å². The lowest BCUT2D eigenvalue weighted by atomic mass is 10.3. The van der Waals surface area contributed by atoms with E-state index in [2.05, 4.69) is 15.3 Å². The molecule has 100 valence electrons. The molecule has 5 heteroatoms. The van der Waals surface area contributed by atoms with Crippen LogP contribution in [-0.2, 0) is 0 Å². The van der Waals surface area contributed by atoms with Crippen molar-refractivity contribution in [2.75, 3.05) is 24.2 Å². The number of hydrogen-bond donors (Lipinski definition) is 2. The SMILES string of the molecule is Cc1ncc(NCCOc2cccc(N)c2)nc1C. The second-order valence-electron chi connectivity index (χ2n) is 4.27. The highest BCUT2D eigenvalue weighted by molar-refractivity contribution is 5.43. The van der Waals surface area contributed by atoms with Crippen LogP contribution in [0.1, 0.15) is 11.4 Å². The minimum absolute atomic E-state index is 0.540. The third-order valence-electron chi connectivity index (χ3n) is 2.73. The Morgan fingerprint density at radius 1 is 1.26 bits per heavy atom. The van der Waals surface area contributed by atoms with Crippen LogP contribution in [0.15, 0.2) is 30.5 Å². The molecule has 0 saturated heterocycles. The molecule has 1 heterocycles. The van der Waals surface area contributed by atoms with Crippen molar-refractivity contribution in [1.82, 2.24) is 9.97 Å². The Balaban J connectivity index is 1.79. The summed E-state index contributed by atoms with van der Waals surface area (Å²) in [5, 5.41) is 3.17. The van der Waals surface area contributed by atoms with Crippen LogP contribution < -0.4 is 15.8 Å². The lowest BCUT2D eigenvalue weighted by Gasteiger charge is -2.09. The number of hydrogen-bond acceptors (Lipinski definition) is 5. The number of nitrogens with one attached hydrogen (secondary N) is 1. The van der Waals surface area contributed by atoms with Crippen molar-refractivity contribution >= 4 is 11.5 Å². The predicted octanol–water partition coefficient (Wildman–Crippen LogP) is 2.17. The van der Waals surface area contributed by atoms with Gasteiger partial charge < -0.3 is 15.8 Å². The highest BCUT2D eigenvalue weighted by Gasteiger charge is 1.99. The lowest BCUT2D eigenvalue weighted by Crippen LogP contribution is -2.13. The Labute approximate surface area is 112 Å². The van der Waals surface area contributed by atoms with E-state index in [4.69, 9.17) is 10.5 Å². The van der Waals surface area contributed by atoms with Gasteiger partial charge >= 0.3 is 0 Å². The third kappa shape index (κ3) is 3.84. The van der Waals surface area contributed by atoms with Crippen LogP contribution in [0.2, 0.25) is 0 Å². The van der Waals surface area contributed by atoms with Crippen molar-refractivity contribution < 1.29 is 4.74 Å². The van der Waals surface area contributed by atoms with Gasteiger partial charge in [0, 0.05) is 11.8 Å². The van der Waals surface area contributed by atoms with E-state index in [-0.39, 0.29) is 0 Å². The lowest BCUT2D eigenvalue weighted by molar-refractivity contribution is 0.333. The van der Waals surface area contributed by atoms with E-state index in [1.807, 2.05) is 32.0 Å². The zero-order valence-electron chi connectivity index (χ0n) is 11.2. The molecule has 2 aromatic rings. The Morgan fingerprint density at radius 2 is 2.11 bits per heavy atom. The zero-order chi connectivity index (χ0) is 13.7. The smallest absolute Gasteiger partial charge is 0.144 e. The van der Waals surface area contributed by atoms with Crippen LogP contribution in [0.5, 0.6) is 5.75 Å². The molecule has 0 saturated carbocycles. The number of aryl methyl sites for hydroxylation is 2. The van der Waals surface area contributed by atoms with Crippen LogP contribution in [0.3, 0.4) is 0 Å². The van der Waals surface area contributed by atoms with Gasteiger partial charge in [0.1, 0.15) is 18.2 Å². The van der Waals surface area contributed by atoms with Crippen molar-refractivity contribution in [2.24, 2.45) is 0 Å². The van der Waals surface area contributed by atoms with Crippen molar-refractivity contribution in [3.8, 4) is 5.75 Å². The second-order valence-corrected chi connectivity index (χ2v) is 4.27. The van der Waals surface area contributed by atoms with Gasteiger partial charge in [-0.3, -0.25) is 4.98 Å². The van der Waals surface area contributed by atoms with E-state index in [0.29, 0.717) is 18.8 Å². The first-order valence-electron chi connectivity index (χ1n) is 6.17. The largest absolute Gasteiger partial charge is 0.492 e. The van der Waals surface area contributed by atoms with Gasteiger partial charge in [0.15, 0.2) is 0 Å². The van der Waals surface area contributed by atoms with E-state index in [1.165, 1.54) is 0 Å². The summed E-state index contributed by atoms with van der Waals surface area (Å²) >= 11 is 0. The minimum Gasteiger partial charge on any atom is -0.492 e. The summed E-state index contributed by atoms with van der Waals surface area (Å²) in [7, 11) is 0. The maximum atomic E-state index is 5.67. The number of nitrogens with two attached hydrogens (primary N) is 1. The molecule has 0 bridgehead atoms. The third-order valence-corrected chi connectivity index (χ3v) is 2.73. The van der Waals surface area contributed by atoms with Crippen LogP contribution in [0.25, 0.3) is 0 Å². The molecule has 0 aliphatic heterocycles. The molecule has 1 aromatic carbocycles. The number of rotatable bonds is 5. The monoisotopic (exact) mass is 258 g/mol. The van der Waals surface area contributed by atoms with Crippen molar-refractivity contribution in [1.29, 1.82) is 0 Å². The summed E-state index contributed by atoms with van der Waals surface area (Å²) in [4.78, 5) is 8.63. The Hall–Kier alpha value is -2.30. The minimum atomic E-state index is 0.540. The van der Waals surface area contributed by atoms with Gasteiger partial charge in [0.05, 0.1) is 24.1 Å². The molecule has 1 aromatic heterocycles. The van der Waals surface area contributed by atoms with E-state index in [1.54, 1.807) is 12.3 Å². The van der Waals surface area contributed by atoms with Gasteiger partial charge in [0.25, 0.3) is 0 Å². The van der Waals surface area contributed by atoms with Crippen molar-refractivity contribution in [3.63, 3.8) is 0 Å².